The van der Waals surface area contributed by atoms with E-state index in [0.717, 1.165) is 6.07 Å². The maximum atomic E-state index is 12.3. The Kier molecular flexibility index (Phi) is 3.28. The number of furan rings is 1. The van der Waals surface area contributed by atoms with Crippen molar-refractivity contribution in [3.63, 3.8) is 0 Å². The smallest absolute Gasteiger partial charge is 0.472 e. The summed E-state index contributed by atoms with van der Waals surface area (Å²) in [6, 6.07) is 6.92. The molecule has 0 saturated heterocycles. The van der Waals surface area contributed by atoms with Crippen LogP contribution in [0.1, 0.15) is 18.1 Å². The summed E-state index contributed by atoms with van der Waals surface area (Å²) < 4.78 is 45.8. The lowest BCUT2D eigenvalue weighted by Gasteiger charge is -2.25. The van der Waals surface area contributed by atoms with Gasteiger partial charge >= 0.3 is 6.36 Å². The number of rotatable bonds is 3. The molecule has 1 heterocycles. The van der Waals surface area contributed by atoms with Crippen LogP contribution in [0.15, 0.2) is 47.3 Å². The predicted octanol–water partition coefficient (Wildman–Crippen LogP) is 3.43. The lowest BCUT2D eigenvalue weighted by molar-refractivity contribution is -0.275. The molecule has 2 rings (SSSR count). The van der Waals surface area contributed by atoms with Crippen molar-refractivity contribution in [2.75, 3.05) is 0 Å². The zero-order chi connectivity index (χ0) is 14.1. The van der Waals surface area contributed by atoms with Gasteiger partial charge in [0.15, 0.2) is 0 Å². The van der Waals surface area contributed by atoms with E-state index in [4.69, 9.17) is 4.42 Å². The Labute approximate surface area is 107 Å². The van der Waals surface area contributed by atoms with E-state index in [1.807, 2.05) is 0 Å². The third-order valence-electron chi connectivity index (χ3n) is 2.72. The normalized spacial score (nSPS) is 15.0. The quantitative estimate of drug-likeness (QED) is 0.930. The lowest BCUT2D eigenvalue weighted by atomic mass is 9.89. The average Bonchev–Trinajstić information content (AvgIpc) is 2.81. The van der Waals surface area contributed by atoms with E-state index in [0.29, 0.717) is 5.56 Å². The molecule has 0 amide bonds. The number of hydrogen-bond acceptors (Lipinski definition) is 3. The monoisotopic (exact) mass is 272 g/mol. The van der Waals surface area contributed by atoms with Gasteiger partial charge in [-0.2, -0.15) is 0 Å². The van der Waals surface area contributed by atoms with Gasteiger partial charge in [0.25, 0.3) is 0 Å². The van der Waals surface area contributed by atoms with Gasteiger partial charge in [-0.1, -0.05) is 18.2 Å². The van der Waals surface area contributed by atoms with E-state index >= 15 is 0 Å². The van der Waals surface area contributed by atoms with Crippen LogP contribution in [0.25, 0.3) is 0 Å². The van der Waals surface area contributed by atoms with Crippen LogP contribution in [0.5, 0.6) is 5.75 Å². The van der Waals surface area contributed by atoms with Crippen molar-refractivity contribution in [1.82, 2.24) is 0 Å². The molecule has 1 aromatic heterocycles. The van der Waals surface area contributed by atoms with Crippen LogP contribution in [0.3, 0.4) is 0 Å². The van der Waals surface area contributed by atoms with E-state index in [1.165, 1.54) is 43.7 Å². The first-order valence-electron chi connectivity index (χ1n) is 5.41. The molecular formula is C13H11F3O3. The van der Waals surface area contributed by atoms with Gasteiger partial charge in [-0.3, -0.25) is 0 Å². The number of aliphatic hydroxyl groups is 1. The Hall–Kier alpha value is -1.95. The second-order valence-electron chi connectivity index (χ2n) is 4.13. The Balaban J connectivity index is 2.45. The molecule has 1 unspecified atom stereocenters. The molecule has 3 nitrogen and oxygen atoms in total. The predicted molar refractivity (Wildman–Crippen MR) is 60.5 cm³/mol. The van der Waals surface area contributed by atoms with Crippen LogP contribution < -0.4 is 4.74 Å². The van der Waals surface area contributed by atoms with Crippen molar-refractivity contribution in [3.05, 3.63) is 54.0 Å². The zero-order valence-electron chi connectivity index (χ0n) is 9.94. The van der Waals surface area contributed by atoms with E-state index in [-0.39, 0.29) is 5.56 Å². The second-order valence-corrected chi connectivity index (χ2v) is 4.13. The maximum Gasteiger partial charge on any atom is 0.573 e. The van der Waals surface area contributed by atoms with Gasteiger partial charge in [0.2, 0.25) is 0 Å². The lowest BCUT2D eigenvalue weighted by Crippen LogP contribution is -2.25. The molecule has 2 aromatic rings. The van der Waals surface area contributed by atoms with Crippen molar-refractivity contribution in [3.8, 4) is 5.75 Å². The number of ether oxygens (including phenoxy) is 1. The minimum Gasteiger partial charge on any atom is -0.472 e. The SMILES string of the molecule is CC(O)(c1ccoc1)c1ccccc1OC(F)(F)F. The molecule has 0 bridgehead atoms. The summed E-state index contributed by atoms with van der Waals surface area (Å²) in [6.07, 6.45) is -2.22. The highest BCUT2D eigenvalue weighted by Crippen LogP contribution is 2.37. The fourth-order valence-electron chi connectivity index (χ4n) is 1.78. The van der Waals surface area contributed by atoms with Crippen molar-refractivity contribution < 1.29 is 27.4 Å². The number of benzene rings is 1. The van der Waals surface area contributed by atoms with E-state index in [1.54, 1.807) is 0 Å². The van der Waals surface area contributed by atoms with Crippen molar-refractivity contribution >= 4 is 0 Å². The van der Waals surface area contributed by atoms with Gasteiger partial charge < -0.3 is 14.3 Å². The van der Waals surface area contributed by atoms with Crippen molar-refractivity contribution in [2.24, 2.45) is 0 Å². The molecule has 0 fully saturated rings. The summed E-state index contributed by atoms with van der Waals surface area (Å²) in [7, 11) is 0. The number of para-hydroxylation sites is 1. The van der Waals surface area contributed by atoms with Gasteiger partial charge in [-0.15, -0.1) is 13.2 Å². The summed E-state index contributed by atoms with van der Waals surface area (Å²) in [6.45, 7) is 1.37. The molecule has 0 aliphatic carbocycles. The van der Waals surface area contributed by atoms with Crippen LogP contribution in [-0.2, 0) is 5.60 Å². The third-order valence-corrected chi connectivity index (χ3v) is 2.72. The van der Waals surface area contributed by atoms with Gasteiger partial charge in [-0.25, -0.2) is 0 Å². The summed E-state index contributed by atoms with van der Waals surface area (Å²) in [4.78, 5) is 0. The molecular weight excluding hydrogens is 261 g/mol. The molecule has 0 saturated carbocycles. The van der Waals surface area contributed by atoms with Crippen molar-refractivity contribution in [2.45, 2.75) is 18.9 Å². The van der Waals surface area contributed by atoms with Crippen LogP contribution in [0, 0.1) is 0 Å². The molecule has 1 N–H and O–H groups in total. The zero-order valence-corrected chi connectivity index (χ0v) is 9.94. The fraction of sp³-hybridized carbons (Fsp3) is 0.231. The molecule has 0 spiro atoms. The van der Waals surface area contributed by atoms with Crippen LogP contribution in [0.2, 0.25) is 0 Å². The second kappa shape index (κ2) is 4.62. The minimum atomic E-state index is -4.82. The van der Waals surface area contributed by atoms with Crippen LogP contribution >= 0.6 is 0 Å². The minimum absolute atomic E-state index is 0.00808. The van der Waals surface area contributed by atoms with Crippen LogP contribution in [-0.4, -0.2) is 11.5 Å². The van der Waals surface area contributed by atoms with Crippen molar-refractivity contribution in [1.29, 1.82) is 0 Å². The molecule has 0 aliphatic rings. The number of halogens is 3. The van der Waals surface area contributed by atoms with Gasteiger partial charge in [0.05, 0.1) is 12.5 Å². The highest BCUT2D eigenvalue weighted by Gasteiger charge is 2.36. The molecule has 0 radical (unpaired) electrons. The summed E-state index contributed by atoms with van der Waals surface area (Å²) in [5, 5.41) is 10.4. The summed E-state index contributed by atoms with van der Waals surface area (Å²) in [5.74, 6) is -0.443. The van der Waals surface area contributed by atoms with Gasteiger partial charge in [0, 0.05) is 11.1 Å². The highest BCUT2D eigenvalue weighted by molar-refractivity contribution is 5.43. The first-order valence-corrected chi connectivity index (χ1v) is 5.41. The van der Waals surface area contributed by atoms with Gasteiger partial charge in [-0.05, 0) is 19.1 Å². The molecule has 0 aliphatic heterocycles. The summed E-state index contributed by atoms with van der Waals surface area (Å²) in [5.41, 5.74) is -1.30. The fourth-order valence-corrected chi connectivity index (χ4v) is 1.78. The Morgan fingerprint density at radius 1 is 1.16 bits per heavy atom. The average molecular weight is 272 g/mol. The van der Waals surface area contributed by atoms with E-state index in [9.17, 15) is 18.3 Å². The highest BCUT2D eigenvalue weighted by atomic mass is 19.4. The van der Waals surface area contributed by atoms with Gasteiger partial charge in [0.1, 0.15) is 11.4 Å². The van der Waals surface area contributed by atoms with E-state index in [2.05, 4.69) is 4.74 Å². The Bertz CT molecular complexity index is 545. The number of hydrogen-bond donors (Lipinski definition) is 1. The first kappa shape index (κ1) is 13.5. The first-order chi connectivity index (χ1) is 8.81. The Morgan fingerprint density at radius 3 is 2.42 bits per heavy atom. The maximum absolute atomic E-state index is 12.3. The topological polar surface area (TPSA) is 42.6 Å². The molecule has 1 aromatic carbocycles. The number of alkyl halides is 3. The third kappa shape index (κ3) is 2.90. The Morgan fingerprint density at radius 2 is 1.84 bits per heavy atom. The summed E-state index contributed by atoms with van der Waals surface area (Å²) >= 11 is 0. The molecule has 102 valence electrons. The molecule has 19 heavy (non-hydrogen) atoms. The van der Waals surface area contributed by atoms with Crippen LogP contribution in [0.4, 0.5) is 13.2 Å². The molecule has 6 heteroatoms. The standard InChI is InChI=1S/C13H11F3O3/c1-12(17,9-6-7-18-8-9)10-4-2-3-5-11(10)19-13(14,15)16/h2-8,17H,1H3. The van der Waals surface area contributed by atoms with E-state index < -0.39 is 17.7 Å². The molecule has 1 atom stereocenters. The largest absolute Gasteiger partial charge is 0.573 e.